The Morgan fingerprint density at radius 1 is 0.217 bits per heavy atom. The van der Waals surface area contributed by atoms with Crippen molar-refractivity contribution < 1.29 is 252 Å². The summed E-state index contributed by atoms with van der Waals surface area (Å²) in [6, 6.07) is -5.62. The average molecular weight is 1760 g/mol. The van der Waals surface area contributed by atoms with Crippen LogP contribution in [0.3, 0.4) is 0 Å². The molecular formula is C66H111N3O51. The van der Waals surface area contributed by atoms with Gasteiger partial charge in [0.15, 0.2) is 62.9 Å². The predicted octanol–water partition coefficient (Wildman–Crippen LogP) is -22.4. The van der Waals surface area contributed by atoms with E-state index in [0.29, 0.717) is 0 Å². The van der Waals surface area contributed by atoms with Crippen LogP contribution in [0.15, 0.2) is 0 Å². The SMILES string of the molecule is CC(=O)N[C@H]1[C@H](O[C@H]2[C@H](O)[C@@H](NC(C)=O)C(O)O[C@@H]2CO)O[C@H](CO)[C@@H](O[C@@H]2O[C@H](CO[C@H]3O[C@H](CO[C@H]4O[C@H](CO)[C@@H](O)[C@H](O)[C@@H]4O[C@H]4O[C@H](CO)[C@@H](O)[C@H](O)[C@@H]4O)[C@@H](O)[C@H](O[C@H]4O[C@H](CO)[C@@H](O)[C@H](O)[C@@H]4O)[C@@H]3O)[C@@H](O)[C@H](O[C@H]3O[C@H](CO)[C@@H](O)[C@H](O)[C@@H]3O[C@@H]3O[C@H](CO)[C@@H](O[C@@H]4O[C@H](CO)[C@H](O)[C@H](O)[C@H]4O)[C@H](O)[C@H]3NC(C)=O)[C@@H]2O)[C@@H]1O. The Bertz CT molecular complexity index is 3180. The van der Waals surface area contributed by atoms with Crippen molar-refractivity contribution in [1.29, 1.82) is 0 Å². The van der Waals surface area contributed by atoms with Gasteiger partial charge in [0.05, 0.1) is 66.1 Å². The summed E-state index contributed by atoms with van der Waals surface area (Å²) in [4.78, 5) is 38.2. The van der Waals surface area contributed by atoms with Crippen LogP contribution in [0, 0.1) is 0 Å². The van der Waals surface area contributed by atoms with E-state index in [1.165, 1.54) is 0 Å². The normalized spacial score (nSPS) is 50.4. The lowest BCUT2D eigenvalue weighted by molar-refractivity contribution is -0.399. The maximum absolute atomic E-state index is 13.1. The molecule has 10 heterocycles. The minimum Gasteiger partial charge on any atom is -0.394 e. The molecule has 10 rings (SSSR count). The maximum atomic E-state index is 13.1. The van der Waals surface area contributed by atoms with Gasteiger partial charge in [-0.15, -0.1) is 0 Å². The summed E-state index contributed by atoms with van der Waals surface area (Å²) in [7, 11) is 0. The Morgan fingerprint density at radius 2 is 0.458 bits per heavy atom. The lowest BCUT2D eigenvalue weighted by Crippen LogP contribution is -2.71. The highest BCUT2D eigenvalue weighted by Crippen LogP contribution is 2.41. The maximum Gasteiger partial charge on any atom is 0.217 e. The summed E-state index contributed by atoms with van der Waals surface area (Å²) in [5, 5.41) is 329. The molecule has 0 saturated carbocycles. The Kier molecular flexibility index (Phi) is 35.4. The largest absolute Gasteiger partial charge is 0.394 e. The first kappa shape index (κ1) is 98.7. The van der Waals surface area contributed by atoms with Crippen LogP contribution < -0.4 is 16.0 Å². The lowest BCUT2D eigenvalue weighted by atomic mass is 9.93. The first-order chi connectivity index (χ1) is 56.8. The molecule has 54 heteroatoms. The van der Waals surface area contributed by atoms with Gasteiger partial charge < -0.3 is 254 Å². The van der Waals surface area contributed by atoms with E-state index in [0.717, 1.165) is 20.8 Å². The number of ether oxygens (including phenoxy) is 19. The number of carbonyl (C=O) groups excluding carboxylic acids is 3. The van der Waals surface area contributed by atoms with Gasteiger partial charge in [0, 0.05) is 20.8 Å². The van der Waals surface area contributed by atoms with Crippen LogP contribution in [0.4, 0.5) is 0 Å². The van der Waals surface area contributed by atoms with Crippen LogP contribution in [-0.2, 0) is 104 Å². The van der Waals surface area contributed by atoms with Gasteiger partial charge in [-0.2, -0.15) is 0 Å². The second-order valence-corrected chi connectivity index (χ2v) is 30.3. The molecule has 0 aromatic carbocycles. The van der Waals surface area contributed by atoms with Gasteiger partial charge in [-0.25, -0.2) is 0 Å². The van der Waals surface area contributed by atoms with Crippen molar-refractivity contribution in [3.8, 4) is 0 Å². The molecule has 10 fully saturated rings. The first-order valence-corrected chi connectivity index (χ1v) is 38.2. The zero-order chi connectivity index (χ0) is 88.2. The molecular weight excluding hydrogens is 1650 g/mol. The van der Waals surface area contributed by atoms with Gasteiger partial charge in [0.25, 0.3) is 0 Å². The minimum atomic E-state index is -2.63. The number of hydrogen-bond donors (Lipinski definition) is 32. The van der Waals surface area contributed by atoms with Crippen LogP contribution in [0.2, 0.25) is 0 Å². The molecule has 120 heavy (non-hydrogen) atoms. The van der Waals surface area contributed by atoms with Gasteiger partial charge in [-0.1, -0.05) is 0 Å². The Hall–Kier alpha value is -3.51. The van der Waals surface area contributed by atoms with E-state index in [2.05, 4.69) is 16.0 Å². The zero-order valence-electron chi connectivity index (χ0n) is 63.9. The standard InChI is InChI=1S/C66H111N3O51/c1-14(78)67-27-37(88)50(22(9-75)104-57(27)101)114-58-28(68-15(2)79)38(89)52(24(11-77)110-58)116-64-49(100)54(118-66-56(44(95)34(85)21(8-74)109-66)119-59-29(69-16(3)80)39(90)51(23(10-76)111-59)115-61-45(96)40(91)30(81)17(4-70)105-61)36(87)26(113-64)12-102-60-48(99)53(117-62-46(97)41(92)31(82)18(5-71)106-62)35(86)25(112-60)13-103-65-55(43(94)33(84)20(7-73)108-65)120-63-47(98)42(93)32(83)19(6-72)107-63/h17-66,70-77,81-101H,4-13H2,1-3H3,(H,67,78)(H,68,79)(H,69,80)/t17-,18-,19-,20-,21-,22-,23-,24-,25-,26-,27-,28-,29-,30+,31-,32-,33-,34-,35-,36-,37-,38-,39-,40+,41+,42+,43+,44+,45-,46+,47+,48+,49+,50-,51-,52-,53+,54+,55+,56+,57?,58+,59+,60+,61+,62-,63-,64+,65+,66-/m1/s1. The molecule has 0 aromatic heterocycles. The van der Waals surface area contributed by atoms with E-state index in [1.54, 1.807) is 0 Å². The Balaban J connectivity index is 0.992. The second-order valence-electron chi connectivity index (χ2n) is 30.3. The highest BCUT2D eigenvalue weighted by Gasteiger charge is 2.61. The molecule has 3 amide bonds. The van der Waals surface area contributed by atoms with E-state index in [4.69, 9.17) is 90.0 Å². The number of aliphatic hydroxyl groups is 29. The van der Waals surface area contributed by atoms with Crippen molar-refractivity contribution in [2.24, 2.45) is 0 Å². The van der Waals surface area contributed by atoms with Gasteiger partial charge in [0.2, 0.25) is 17.7 Å². The molecule has 0 radical (unpaired) electrons. The minimum absolute atomic E-state index is 0.805. The topological polar surface area (TPSA) is 849 Å². The molecule has 0 bridgehead atoms. The number of carbonyl (C=O) groups is 3. The van der Waals surface area contributed by atoms with Crippen LogP contribution in [-0.4, -0.2) is 539 Å². The highest BCUT2D eigenvalue weighted by atomic mass is 16.8. The third kappa shape index (κ3) is 21.4. The number of rotatable bonds is 31. The third-order valence-electron chi connectivity index (χ3n) is 22.1. The lowest BCUT2D eigenvalue weighted by Gasteiger charge is -2.51. The van der Waals surface area contributed by atoms with Crippen molar-refractivity contribution in [2.45, 2.75) is 328 Å². The number of hydrogen-bond acceptors (Lipinski definition) is 51. The Labute approximate surface area is 678 Å². The average Bonchev–Trinajstić information content (AvgIpc) is 0.767. The Morgan fingerprint density at radius 3 is 0.833 bits per heavy atom. The highest BCUT2D eigenvalue weighted by molar-refractivity contribution is 5.74. The van der Waals surface area contributed by atoms with Crippen LogP contribution in [0.25, 0.3) is 0 Å². The summed E-state index contributed by atoms with van der Waals surface area (Å²) < 4.78 is 112. The first-order valence-electron chi connectivity index (χ1n) is 38.2. The fourth-order valence-electron chi connectivity index (χ4n) is 15.4. The van der Waals surface area contributed by atoms with Gasteiger partial charge in [-0.3, -0.25) is 14.4 Å². The summed E-state index contributed by atoms with van der Waals surface area (Å²) in [5.41, 5.74) is 0. The van der Waals surface area contributed by atoms with Gasteiger partial charge in [0.1, 0.15) is 244 Å². The third-order valence-corrected chi connectivity index (χ3v) is 22.1. The van der Waals surface area contributed by atoms with E-state index in [1.807, 2.05) is 0 Å². The molecule has 1 unspecified atom stereocenters. The van der Waals surface area contributed by atoms with Crippen molar-refractivity contribution in [2.75, 3.05) is 66.1 Å². The van der Waals surface area contributed by atoms with Crippen molar-refractivity contribution in [1.82, 2.24) is 16.0 Å². The van der Waals surface area contributed by atoms with Crippen molar-refractivity contribution >= 4 is 17.7 Å². The van der Waals surface area contributed by atoms with E-state index < -0.39 is 391 Å². The molecule has 0 aromatic rings. The quantitative estimate of drug-likeness (QED) is 0.0306. The van der Waals surface area contributed by atoms with Crippen molar-refractivity contribution in [3.63, 3.8) is 0 Å². The molecule has 54 nitrogen and oxygen atoms in total. The smallest absolute Gasteiger partial charge is 0.217 e. The predicted molar refractivity (Wildman–Crippen MR) is 364 cm³/mol. The van der Waals surface area contributed by atoms with E-state index in [-0.39, 0.29) is 0 Å². The summed E-state index contributed by atoms with van der Waals surface area (Å²) in [6.07, 6.45) is -100. The fraction of sp³-hybridized carbons (Fsp3) is 0.955. The van der Waals surface area contributed by atoms with Crippen LogP contribution >= 0.6 is 0 Å². The molecule has 32 N–H and O–H groups in total. The van der Waals surface area contributed by atoms with Crippen LogP contribution in [0.5, 0.6) is 0 Å². The number of amides is 3. The zero-order valence-corrected chi connectivity index (χ0v) is 63.9. The fourth-order valence-corrected chi connectivity index (χ4v) is 15.4. The number of aliphatic hydroxyl groups excluding tert-OH is 29. The summed E-state index contributed by atoms with van der Waals surface area (Å²) >= 11 is 0. The molecule has 0 spiro atoms. The summed E-state index contributed by atoms with van der Waals surface area (Å²) in [5.74, 6) is -2.75. The molecule has 0 aliphatic carbocycles. The number of nitrogens with one attached hydrogen (secondary N) is 3. The molecule has 50 atom stereocenters. The second kappa shape index (κ2) is 43.1. The van der Waals surface area contributed by atoms with Gasteiger partial charge >= 0.3 is 0 Å². The molecule has 10 saturated heterocycles. The van der Waals surface area contributed by atoms with E-state index >= 15 is 0 Å². The van der Waals surface area contributed by atoms with Crippen molar-refractivity contribution in [3.05, 3.63) is 0 Å². The van der Waals surface area contributed by atoms with Gasteiger partial charge in [-0.05, 0) is 0 Å². The molecule has 10 aliphatic heterocycles. The van der Waals surface area contributed by atoms with E-state index in [9.17, 15) is 162 Å². The molecule has 10 aliphatic rings. The molecule has 696 valence electrons. The summed E-state index contributed by atoms with van der Waals surface area (Å²) in [6.45, 7) is -8.31. The van der Waals surface area contributed by atoms with Crippen LogP contribution in [0.1, 0.15) is 20.8 Å². The monoisotopic (exact) mass is 1760 g/mol.